The van der Waals surface area contributed by atoms with Gasteiger partial charge >= 0.3 is 12.1 Å². The first-order valence-electron chi connectivity index (χ1n) is 4.90. The van der Waals surface area contributed by atoms with E-state index >= 15 is 0 Å². The Morgan fingerprint density at radius 2 is 1.89 bits per heavy atom. The number of anilines is 1. The smallest absolute Gasteiger partial charge is 0.422 e. The summed E-state index contributed by atoms with van der Waals surface area (Å²) in [5.74, 6) is -1.44. The Bertz CT molecular complexity index is 450. The molecule has 0 fully saturated rings. The zero-order valence-corrected chi connectivity index (χ0v) is 10.4. The lowest BCUT2D eigenvalue weighted by Gasteiger charge is -2.31. The quantitative estimate of drug-likeness (QED) is 0.865. The number of halogens is 4. The van der Waals surface area contributed by atoms with E-state index in [4.69, 9.17) is 11.6 Å². The third-order valence-corrected chi connectivity index (χ3v) is 2.75. The Balaban J connectivity index is 3.16. The summed E-state index contributed by atoms with van der Waals surface area (Å²) < 4.78 is 43.0. The van der Waals surface area contributed by atoms with Crippen molar-refractivity contribution in [1.29, 1.82) is 0 Å². The molecule has 1 N–H and O–H groups in total. The molecule has 1 atom stereocenters. The molecule has 1 aromatic carbocycles. The summed E-state index contributed by atoms with van der Waals surface area (Å²) in [5.41, 5.74) is -2.85. The maximum Gasteiger partial charge on any atom is 0.422 e. The first-order chi connectivity index (χ1) is 8.22. The van der Waals surface area contributed by atoms with Crippen molar-refractivity contribution in [1.82, 2.24) is 0 Å². The molecule has 0 aliphatic rings. The molecule has 18 heavy (non-hydrogen) atoms. The van der Waals surface area contributed by atoms with Crippen LogP contribution in [0.4, 0.5) is 18.9 Å². The van der Waals surface area contributed by atoms with Gasteiger partial charge in [-0.25, -0.2) is 4.79 Å². The number of alkyl halides is 3. The maximum absolute atomic E-state index is 13.0. The number of hydrogen-bond acceptors (Lipinski definition) is 3. The number of hydrogen-bond donors (Lipinski definition) is 1. The molecule has 1 rings (SSSR count). The number of nitrogens with one attached hydrogen (secondary N) is 1. The summed E-state index contributed by atoms with van der Waals surface area (Å²) in [6.45, 7) is 0.697. The Morgan fingerprint density at radius 1 is 1.33 bits per heavy atom. The average Bonchev–Trinajstić information content (AvgIpc) is 2.29. The maximum atomic E-state index is 13.0. The van der Waals surface area contributed by atoms with Gasteiger partial charge in [-0.05, 0) is 19.1 Å². The molecule has 3 nitrogen and oxygen atoms in total. The topological polar surface area (TPSA) is 38.3 Å². The van der Waals surface area contributed by atoms with Crippen LogP contribution < -0.4 is 5.32 Å². The number of benzene rings is 1. The molecule has 1 aromatic rings. The van der Waals surface area contributed by atoms with Gasteiger partial charge in [-0.15, -0.1) is 0 Å². The van der Waals surface area contributed by atoms with Gasteiger partial charge < -0.3 is 10.1 Å². The molecular formula is C11H11ClF3NO2. The molecule has 0 heterocycles. The van der Waals surface area contributed by atoms with Gasteiger partial charge in [0.05, 0.1) is 17.8 Å². The molecule has 0 aromatic heterocycles. The highest BCUT2D eigenvalue weighted by atomic mass is 35.5. The SMILES string of the molecule is COC(=O)C(C)(Nc1ccccc1Cl)C(F)(F)F. The van der Waals surface area contributed by atoms with Gasteiger partial charge in [0.2, 0.25) is 5.54 Å². The lowest BCUT2D eigenvalue weighted by molar-refractivity contribution is -0.195. The number of para-hydroxylation sites is 1. The van der Waals surface area contributed by atoms with Crippen LogP contribution in [-0.2, 0) is 9.53 Å². The van der Waals surface area contributed by atoms with Crippen LogP contribution in [-0.4, -0.2) is 24.8 Å². The molecule has 0 radical (unpaired) electrons. The van der Waals surface area contributed by atoms with Gasteiger partial charge in [0, 0.05) is 0 Å². The van der Waals surface area contributed by atoms with E-state index in [0.29, 0.717) is 6.92 Å². The summed E-state index contributed by atoms with van der Waals surface area (Å²) in [4.78, 5) is 11.3. The Kier molecular flexibility index (Phi) is 4.11. The largest absolute Gasteiger partial charge is 0.467 e. The normalized spacial score (nSPS) is 14.8. The highest BCUT2D eigenvalue weighted by Gasteiger charge is 2.58. The van der Waals surface area contributed by atoms with Gasteiger partial charge in [0.15, 0.2) is 0 Å². The molecule has 0 bridgehead atoms. The van der Waals surface area contributed by atoms with Gasteiger partial charge in [0.1, 0.15) is 0 Å². The van der Waals surface area contributed by atoms with Gasteiger partial charge in [0.25, 0.3) is 0 Å². The lowest BCUT2D eigenvalue weighted by atomic mass is 10.0. The molecule has 0 amide bonds. The van der Waals surface area contributed by atoms with Crippen LogP contribution in [0.25, 0.3) is 0 Å². The van der Waals surface area contributed by atoms with E-state index in [0.717, 1.165) is 7.11 Å². The number of methoxy groups -OCH3 is 1. The van der Waals surface area contributed by atoms with Crippen molar-refractivity contribution in [3.05, 3.63) is 29.3 Å². The summed E-state index contributed by atoms with van der Waals surface area (Å²) in [6, 6.07) is 5.83. The zero-order valence-electron chi connectivity index (χ0n) is 9.64. The summed E-state index contributed by atoms with van der Waals surface area (Å²) in [5, 5.41) is 2.16. The molecule has 0 aliphatic heterocycles. The predicted molar refractivity (Wildman–Crippen MR) is 61.6 cm³/mol. The van der Waals surface area contributed by atoms with Gasteiger partial charge in [-0.2, -0.15) is 13.2 Å². The third kappa shape index (κ3) is 2.69. The van der Waals surface area contributed by atoms with Crippen molar-refractivity contribution in [3.63, 3.8) is 0 Å². The van der Waals surface area contributed by atoms with Crippen LogP contribution in [0.5, 0.6) is 0 Å². The van der Waals surface area contributed by atoms with Crippen molar-refractivity contribution in [2.75, 3.05) is 12.4 Å². The first-order valence-corrected chi connectivity index (χ1v) is 5.28. The number of rotatable bonds is 3. The minimum atomic E-state index is -4.82. The lowest BCUT2D eigenvalue weighted by Crippen LogP contribution is -2.56. The van der Waals surface area contributed by atoms with E-state index in [1.165, 1.54) is 18.2 Å². The Morgan fingerprint density at radius 3 is 2.33 bits per heavy atom. The van der Waals surface area contributed by atoms with E-state index in [1.807, 2.05) is 0 Å². The van der Waals surface area contributed by atoms with Gasteiger partial charge in [-0.3, -0.25) is 0 Å². The molecule has 0 aliphatic carbocycles. The number of carbonyl (C=O) groups excluding carboxylic acids is 1. The fourth-order valence-corrected chi connectivity index (χ4v) is 1.46. The fourth-order valence-electron chi connectivity index (χ4n) is 1.27. The van der Waals surface area contributed by atoms with Crippen LogP contribution in [0.1, 0.15) is 6.92 Å². The fraction of sp³-hybridized carbons (Fsp3) is 0.364. The monoisotopic (exact) mass is 281 g/mol. The molecular weight excluding hydrogens is 271 g/mol. The number of ether oxygens (including phenoxy) is 1. The Hall–Kier alpha value is -1.43. The molecule has 0 saturated carbocycles. The summed E-state index contributed by atoms with van der Waals surface area (Å²) >= 11 is 5.75. The minimum absolute atomic E-state index is 0.00407. The van der Waals surface area contributed by atoms with Crippen LogP contribution in [0.15, 0.2) is 24.3 Å². The van der Waals surface area contributed by atoms with Crippen molar-refractivity contribution in [3.8, 4) is 0 Å². The zero-order chi connectivity index (χ0) is 14.0. The number of esters is 1. The van der Waals surface area contributed by atoms with E-state index < -0.39 is 17.7 Å². The summed E-state index contributed by atoms with van der Waals surface area (Å²) in [6.07, 6.45) is -4.82. The second-order valence-electron chi connectivity index (χ2n) is 3.72. The van der Waals surface area contributed by atoms with Crippen molar-refractivity contribution in [2.45, 2.75) is 18.6 Å². The summed E-state index contributed by atoms with van der Waals surface area (Å²) in [7, 11) is 0.889. The standard InChI is InChI=1S/C11H11ClF3NO2/c1-10(9(17)18-2,11(13,14)15)16-8-6-4-3-5-7(8)12/h3-6,16H,1-2H3. The van der Waals surface area contributed by atoms with Crippen LogP contribution in [0.2, 0.25) is 5.02 Å². The third-order valence-electron chi connectivity index (χ3n) is 2.42. The van der Waals surface area contributed by atoms with Crippen LogP contribution >= 0.6 is 11.6 Å². The van der Waals surface area contributed by atoms with Crippen LogP contribution in [0, 0.1) is 0 Å². The second-order valence-corrected chi connectivity index (χ2v) is 4.13. The van der Waals surface area contributed by atoms with Crippen LogP contribution in [0.3, 0.4) is 0 Å². The number of carbonyl (C=O) groups is 1. The van der Waals surface area contributed by atoms with E-state index in [-0.39, 0.29) is 10.7 Å². The average molecular weight is 282 g/mol. The molecule has 7 heteroatoms. The highest BCUT2D eigenvalue weighted by Crippen LogP contribution is 2.36. The van der Waals surface area contributed by atoms with E-state index in [9.17, 15) is 18.0 Å². The predicted octanol–water partition coefficient (Wildman–Crippen LogP) is 3.25. The van der Waals surface area contributed by atoms with E-state index in [2.05, 4.69) is 10.1 Å². The molecule has 0 spiro atoms. The molecule has 0 saturated heterocycles. The minimum Gasteiger partial charge on any atom is -0.467 e. The second kappa shape index (κ2) is 5.06. The van der Waals surface area contributed by atoms with E-state index in [1.54, 1.807) is 6.07 Å². The molecule has 100 valence electrons. The van der Waals surface area contributed by atoms with Crippen molar-refractivity contribution in [2.24, 2.45) is 0 Å². The van der Waals surface area contributed by atoms with Crippen molar-refractivity contribution < 1.29 is 22.7 Å². The molecule has 1 unspecified atom stereocenters. The Labute approximate surface area is 107 Å². The highest BCUT2D eigenvalue weighted by molar-refractivity contribution is 6.33. The van der Waals surface area contributed by atoms with Crippen molar-refractivity contribution >= 4 is 23.3 Å². The van der Waals surface area contributed by atoms with Gasteiger partial charge in [-0.1, -0.05) is 23.7 Å². The first kappa shape index (κ1) is 14.6.